The summed E-state index contributed by atoms with van der Waals surface area (Å²) in [6.07, 6.45) is 8.97. The van der Waals surface area contributed by atoms with Crippen molar-refractivity contribution in [1.82, 2.24) is 19.7 Å². The number of hydrogen-bond acceptors (Lipinski definition) is 3. The van der Waals surface area contributed by atoms with E-state index in [0.29, 0.717) is 18.4 Å². The van der Waals surface area contributed by atoms with Gasteiger partial charge in [-0.1, -0.05) is 0 Å². The summed E-state index contributed by atoms with van der Waals surface area (Å²) < 4.78 is 2.14. The lowest BCUT2D eigenvalue weighted by Gasteiger charge is -2.27. The molecule has 0 aliphatic heterocycles. The van der Waals surface area contributed by atoms with E-state index in [-0.39, 0.29) is 0 Å². The van der Waals surface area contributed by atoms with Gasteiger partial charge in [0.2, 0.25) is 0 Å². The number of amides is 1. The van der Waals surface area contributed by atoms with Crippen molar-refractivity contribution in [3.63, 3.8) is 0 Å². The van der Waals surface area contributed by atoms with Gasteiger partial charge in [0.25, 0.3) is 0 Å². The van der Waals surface area contributed by atoms with Gasteiger partial charge in [-0.25, -0.2) is 9.78 Å². The summed E-state index contributed by atoms with van der Waals surface area (Å²) in [5.74, 6) is 2.02. The Bertz CT molecular complexity index is 644. The minimum absolute atomic E-state index is 0.451. The summed E-state index contributed by atoms with van der Waals surface area (Å²) in [6, 6.07) is 0. The zero-order valence-corrected chi connectivity index (χ0v) is 12.1. The molecule has 1 amide bonds. The number of fused-ring (bicyclic) bond motifs is 1. The highest BCUT2D eigenvalue weighted by molar-refractivity contribution is 5.64. The van der Waals surface area contributed by atoms with Gasteiger partial charge >= 0.3 is 6.09 Å². The zero-order valence-electron chi connectivity index (χ0n) is 12.1. The smallest absolute Gasteiger partial charge is 0.404 e. The van der Waals surface area contributed by atoms with Gasteiger partial charge in [0.15, 0.2) is 0 Å². The molecule has 0 unspecified atom stereocenters. The Morgan fingerprint density at radius 1 is 1.38 bits per heavy atom. The van der Waals surface area contributed by atoms with Crippen LogP contribution in [0.1, 0.15) is 43.1 Å². The molecule has 0 aromatic carbocycles. The summed E-state index contributed by atoms with van der Waals surface area (Å²) in [4.78, 5) is 19.4. The second kappa shape index (κ2) is 5.71. The lowest BCUT2D eigenvalue weighted by molar-refractivity contribution is 0.189. The van der Waals surface area contributed by atoms with E-state index in [0.717, 1.165) is 42.7 Å². The maximum absolute atomic E-state index is 10.5. The first-order valence-electron chi connectivity index (χ1n) is 7.40. The Labute approximate surface area is 123 Å². The summed E-state index contributed by atoms with van der Waals surface area (Å²) in [6.45, 7) is 2.56. The van der Waals surface area contributed by atoms with Gasteiger partial charge in [0, 0.05) is 24.9 Å². The van der Waals surface area contributed by atoms with Crippen LogP contribution in [-0.2, 0) is 0 Å². The van der Waals surface area contributed by atoms with Crippen LogP contribution in [-0.4, -0.2) is 32.1 Å². The molecule has 0 bridgehead atoms. The molecule has 1 aliphatic carbocycles. The van der Waals surface area contributed by atoms with E-state index in [1.54, 1.807) is 0 Å². The zero-order chi connectivity index (χ0) is 14.8. The second-order valence-corrected chi connectivity index (χ2v) is 5.79. The van der Waals surface area contributed by atoms with Gasteiger partial charge in [0.1, 0.15) is 5.82 Å². The molecule has 2 aromatic rings. The average Bonchev–Trinajstić information content (AvgIpc) is 2.91. The molecule has 2 N–H and O–H groups in total. The predicted octanol–water partition coefficient (Wildman–Crippen LogP) is 2.58. The van der Waals surface area contributed by atoms with E-state index in [1.807, 2.05) is 25.5 Å². The first-order valence-corrected chi connectivity index (χ1v) is 7.40. The lowest BCUT2D eigenvalue weighted by Crippen LogP contribution is -2.30. The van der Waals surface area contributed by atoms with E-state index in [4.69, 9.17) is 5.11 Å². The number of nitrogens with zero attached hydrogens (tertiary/aromatic N) is 3. The Hall–Kier alpha value is -2.11. The largest absolute Gasteiger partial charge is 0.465 e. The number of aryl methyl sites for hydroxylation is 1. The summed E-state index contributed by atoms with van der Waals surface area (Å²) >= 11 is 0. The van der Waals surface area contributed by atoms with Gasteiger partial charge in [-0.2, -0.15) is 0 Å². The number of carboxylic acid groups (broad SMARTS) is 1. The first kappa shape index (κ1) is 13.9. The first-order chi connectivity index (χ1) is 10.1. The van der Waals surface area contributed by atoms with Gasteiger partial charge < -0.3 is 14.8 Å². The molecule has 2 aromatic heterocycles. The molecule has 3 rings (SSSR count). The Kier molecular flexibility index (Phi) is 3.77. The Morgan fingerprint density at radius 3 is 2.86 bits per heavy atom. The third kappa shape index (κ3) is 2.84. The number of imidazole rings is 1. The fourth-order valence-electron chi connectivity index (χ4n) is 3.24. The van der Waals surface area contributed by atoms with E-state index in [1.165, 1.54) is 0 Å². The van der Waals surface area contributed by atoms with E-state index in [2.05, 4.69) is 19.7 Å². The van der Waals surface area contributed by atoms with Crippen molar-refractivity contribution in [2.75, 3.05) is 6.54 Å². The minimum Gasteiger partial charge on any atom is -0.465 e. The van der Waals surface area contributed by atoms with Crippen LogP contribution in [0.3, 0.4) is 0 Å². The SMILES string of the molecule is Cc1nccn2c1cnc2[C@H]1CC[C@H](CNC(=O)O)CC1. The van der Waals surface area contributed by atoms with Crippen LogP contribution in [0.25, 0.3) is 5.52 Å². The predicted molar refractivity (Wildman–Crippen MR) is 78.5 cm³/mol. The van der Waals surface area contributed by atoms with Gasteiger partial charge in [-0.15, -0.1) is 0 Å². The molecule has 1 aliphatic rings. The molecule has 6 heteroatoms. The number of carbonyl (C=O) groups is 1. The quantitative estimate of drug-likeness (QED) is 0.909. The number of rotatable bonds is 3. The topological polar surface area (TPSA) is 79.5 Å². The molecule has 21 heavy (non-hydrogen) atoms. The number of hydrogen-bond donors (Lipinski definition) is 2. The molecule has 6 nitrogen and oxygen atoms in total. The maximum atomic E-state index is 10.5. The van der Waals surface area contributed by atoms with Crippen molar-refractivity contribution in [1.29, 1.82) is 0 Å². The molecule has 0 saturated heterocycles. The summed E-state index contributed by atoms with van der Waals surface area (Å²) in [5, 5.41) is 11.1. The Balaban J connectivity index is 1.68. The number of aromatic nitrogens is 3. The monoisotopic (exact) mass is 288 g/mol. The fourth-order valence-corrected chi connectivity index (χ4v) is 3.24. The van der Waals surface area contributed by atoms with E-state index >= 15 is 0 Å². The highest BCUT2D eigenvalue weighted by Crippen LogP contribution is 2.35. The number of nitrogens with one attached hydrogen (secondary N) is 1. The fraction of sp³-hybridized carbons (Fsp3) is 0.533. The molecule has 0 radical (unpaired) electrons. The van der Waals surface area contributed by atoms with Crippen LogP contribution in [0.2, 0.25) is 0 Å². The van der Waals surface area contributed by atoms with Crippen molar-refractivity contribution < 1.29 is 9.90 Å². The molecule has 112 valence electrons. The van der Waals surface area contributed by atoms with Crippen LogP contribution in [0.15, 0.2) is 18.6 Å². The highest BCUT2D eigenvalue weighted by Gasteiger charge is 2.25. The second-order valence-electron chi connectivity index (χ2n) is 5.79. The van der Waals surface area contributed by atoms with Crippen molar-refractivity contribution in [2.45, 2.75) is 38.5 Å². The van der Waals surface area contributed by atoms with Crippen LogP contribution in [0.4, 0.5) is 4.79 Å². The van der Waals surface area contributed by atoms with Crippen molar-refractivity contribution in [2.24, 2.45) is 5.92 Å². The molecular formula is C15H20N4O2. The molecule has 1 saturated carbocycles. The van der Waals surface area contributed by atoms with Crippen LogP contribution >= 0.6 is 0 Å². The highest BCUT2D eigenvalue weighted by atomic mass is 16.4. The third-order valence-electron chi connectivity index (χ3n) is 4.43. The van der Waals surface area contributed by atoms with Gasteiger partial charge in [-0.05, 0) is 38.5 Å². The van der Waals surface area contributed by atoms with Crippen molar-refractivity contribution >= 4 is 11.6 Å². The Morgan fingerprint density at radius 2 is 2.14 bits per heavy atom. The molecule has 0 spiro atoms. The summed E-state index contributed by atoms with van der Waals surface area (Å²) in [5.41, 5.74) is 2.07. The normalized spacial score (nSPS) is 22.3. The van der Waals surface area contributed by atoms with E-state index < -0.39 is 6.09 Å². The molecule has 2 heterocycles. The van der Waals surface area contributed by atoms with Crippen molar-refractivity contribution in [3.8, 4) is 0 Å². The summed E-state index contributed by atoms with van der Waals surface area (Å²) in [7, 11) is 0. The molecular weight excluding hydrogens is 268 g/mol. The minimum atomic E-state index is -0.931. The molecule has 0 atom stereocenters. The van der Waals surface area contributed by atoms with Gasteiger partial charge in [-0.3, -0.25) is 4.98 Å². The van der Waals surface area contributed by atoms with Crippen LogP contribution in [0.5, 0.6) is 0 Å². The van der Waals surface area contributed by atoms with E-state index in [9.17, 15) is 4.79 Å². The van der Waals surface area contributed by atoms with Gasteiger partial charge in [0.05, 0.1) is 17.4 Å². The average molecular weight is 288 g/mol. The van der Waals surface area contributed by atoms with Crippen LogP contribution < -0.4 is 5.32 Å². The standard InChI is InChI=1S/C15H20N4O2/c1-10-13-9-17-14(19(13)7-6-16-10)12-4-2-11(3-5-12)8-18-15(20)21/h6-7,9,11-12,18H,2-5,8H2,1H3,(H,20,21)/t11-,12-. The van der Waals surface area contributed by atoms with Crippen molar-refractivity contribution in [3.05, 3.63) is 30.1 Å². The van der Waals surface area contributed by atoms with Crippen LogP contribution in [0, 0.1) is 12.8 Å². The third-order valence-corrected chi connectivity index (χ3v) is 4.43. The lowest BCUT2D eigenvalue weighted by atomic mass is 9.81. The molecule has 1 fully saturated rings. The maximum Gasteiger partial charge on any atom is 0.404 e.